The van der Waals surface area contributed by atoms with Gasteiger partial charge in [0, 0.05) is 18.6 Å². The molecule has 28 heavy (non-hydrogen) atoms. The number of rotatable bonds is 8. The second kappa shape index (κ2) is 9.11. The molecule has 0 atom stereocenters. The number of hydrogen-bond donors (Lipinski definition) is 2. The van der Waals surface area contributed by atoms with Gasteiger partial charge in [0.05, 0.1) is 16.7 Å². The van der Waals surface area contributed by atoms with Crippen molar-refractivity contribution in [3.05, 3.63) is 48.3 Å². The highest BCUT2D eigenvalue weighted by molar-refractivity contribution is 5.83. The number of nitrogens with one attached hydrogen (secondary N) is 2. The first kappa shape index (κ1) is 18.8. The molecular weight excluding hydrogens is 350 g/mol. The van der Waals surface area contributed by atoms with E-state index in [1.54, 1.807) is 0 Å². The van der Waals surface area contributed by atoms with Gasteiger partial charge in [0.15, 0.2) is 5.75 Å². The van der Waals surface area contributed by atoms with Crippen molar-refractivity contribution < 1.29 is 9.47 Å². The van der Waals surface area contributed by atoms with E-state index >= 15 is 0 Å². The van der Waals surface area contributed by atoms with Crippen molar-refractivity contribution in [2.45, 2.75) is 51.4 Å². The number of imidazole rings is 1. The molecule has 1 aliphatic rings. The number of fused-ring (bicyclic) bond motifs is 1. The van der Waals surface area contributed by atoms with E-state index < -0.39 is 0 Å². The van der Waals surface area contributed by atoms with E-state index in [4.69, 9.17) is 14.5 Å². The maximum Gasteiger partial charge on any atom is 0.152 e. The van der Waals surface area contributed by atoms with E-state index in [1.165, 1.54) is 32.1 Å². The Balaban J connectivity index is 1.62. The van der Waals surface area contributed by atoms with Crippen molar-refractivity contribution in [2.24, 2.45) is 0 Å². The third-order valence-corrected chi connectivity index (χ3v) is 5.28. The zero-order chi connectivity index (χ0) is 19.2. The van der Waals surface area contributed by atoms with Gasteiger partial charge in [-0.2, -0.15) is 0 Å². The predicted molar refractivity (Wildman–Crippen MR) is 113 cm³/mol. The van der Waals surface area contributed by atoms with Crippen LogP contribution in [-0.4, -0.2) is 23.3 Å². The van der Waals surface area contributed by atoms with E-state index in [1.807, 2.05) is 36.4 Å². The number of aromatic nitrogens is 2. The summed E-state index contributed by atoms with van der Waals surface area (Å²) in [6.45, 7) is 3.29. The lowest BCUT2D eigenvalue weighted by atomic mass is 9.89. The first-order valence-corrected chi connectivity index (χ1v) is 10.4. The molecule has 0 unspecified atom stereocenters. The normalized spacial score (nSPS) is 15.0. The van der Waals surface area contributed by atoms with Crippen LogP contribution in [0.3, 0.4) is 0 Å². The lowest BCUT2D eigenvalue weighted by Gasteiger charge is -2.18. The number of benzene rings is 2. The summed E-state index contributed by atoms with van der Waals surface area (Å²) in [6, 6.07) is 14.0. The van der Waals surface area contributed by atoms with Crippen LogP contribution in [0, 0.1) is 0 Å². The number of para-hydroxylation sites is 1. The molecule has 5 nitrogen and oxygen atoms in total. The zero-order valence-corrected chi connectivity index (χ0v) is 16.5. The maximum atomic E-state index is 6.16. The Kier molecular flexibility index (Phi) is 6.12. The molecule has 0 bridgehead atoms. The molecular formula is C23H29N3O2. The van der Waals surface area contributed by atoms with Crippen LogP contribution < -0.4 is 10.1 Å². The third kappa shape index (κ3) is 4.47. The minimum Gasteiger partial charge on any atom is -0.455 e. The fraction of sp³-hybridized carbons (Fsp3) is 0.435. The minimum absolute atomic E-state index is 0.452. The molecule has 0 aliphatic heterocycles. The fourth-order valence-corrected chi connectivity index (χ4v) is 3.81. The average molecular weight is 380 g/mol. The predicted octanol–water partition coefficient (Wildman–Crippen LogP) is 6.20. The highest BCUT2D eigenvalue weighted by Crippen LogP contribution is 2.36. The number of nitrogens with zero attached hydrogens (tertiary/aromatic N) is 1. The van der Waals surface area contributed by atoms with Crippen molar-refractivity contribution in [1.82, 2.24) is 9.97 Å². The summed E-state index contributed by atoms with van der Waals surface area (Å²) in [7, 11) is 0. The maximum absolute atomic E-state index is 6.16. The fourth-order valence-electron chi connectivity index (χ4n) is 3.81. The monoisotopic (exact) mass is 379 g/mol. The first-order valence-electron chi connectivity index (χ1n) is 10.4. The van der Waals surface area contributed by atoms with Crippen molar-refractivity contribution in [2.75, 3.05) is 18.7 Å². The van der Waals surface area contributed by atoms with Crippen molar-refractivity contribution in [3.8, 4) is 11.5 Å². The van der Waals surface area contributed by atoms with Crippen molar-refractivity contribution in [3.63, 3.8) is 0 Å². The Hall–Kier alpha value is -2.53. The van der Waals surface area contributed by atoms with Crippen LogP contribution in [0.4, 0.5) is 5.69 Å². The molecule has 2 N–H and O–H groups in total. The van der Waals surface area contributed by atoms with Gasteiger partial charge in [-0.05, 0) is 37.5 Å². The highest BCUT2D eigenvalue weighted by Gasteiger charge is 2.20. The lowest BCUT2D eigenvalue weighted by molar-refractivity contribution is 0.153. The summed E-state index contributed by atoms with van der Waals surface area (Å²) < 4.78 is 11.8. The smallest absolute Gasteiger partial charge is 0.152 e. The Labute approximate surface area is 166 Å². The summed E-state index contributed by atoms with van der Waals surface area (Å²) in [5, 5.41) is 3.35. The number of hydrogen-bond acceptors (Lipinski definition) is 4. The quantitative estimate of drug-likeness (QED) is 0.361. The standard InChI is InChI=1S/C23H29N3O2/c1-2-13-27-16-24-21-14-19-20(15-22(21)28-18-11-7-4-8-12-18)26-23(25-19)17-9-5-3-6-10-17/h4,7-8,11-12,14-15,17,24H,2-3,5-6,9-10,13,16H2,1H3,(H,25,26). The summed E-state index contributed by atoms with van der Waals surface area (Å²) in [6.07, 6.45) is 7.39. The zero-order valence-electron chi connectivity index (χ0n) is 16.5. The van der Waals surface area contributed by atoms with Gasteiger partial charge in [0.1, 0.15) is 18.3 Å². The summed E-state index contributed by atoms with van der Waals surface area (Å²) in [5.74, 6) is 3.23. The summed E-state index contributed by atoms with van der Waals surface area (Å²) in [4.78, 5) is 8.45. The lowest BCUT2D eigenvalue weighted by Crippen LogP contribution is -2.07. The van der Waals surface area contributed by atoms with Gasteiger partial charge in [-0.25, -0.2) is 4.98 Å². The van der Waals surface area contributed by atoms with Gasteiger partial charge < -0.3 is 19.8 Å². The third-order valence-electron chi connectivity index (χ3n) is 5.28. The van der Waals surface area contributed by atoms with Gasteiger partial charge in [-0.15, -0.1) is 0 Å². The number of anilines is 1. The minimum atomic E-state index is 0.452. The van der Waals surface area contributed by atoms with Crippen LogP contribution in [0.15, 0.2) is 42.5 Å². The molecule has 3 aromatic rings. The van der Waals surface area contributed by atoms with Crippen LogP contribution in [-0.2, 0) is 4.74 Å². The summed E-state index contributed by atoms with van der Waals surface area (Å²) in [5.41, 5.74) is 2.90. The highest BCUT2D eigenvalue weighted by atomic mass is 16.5. The molecule has 0 radical (unpaired) electrons. The Bertz CT molecular complexity index is 886. The molecule has 0 saturated heterocycles. The topological polar surface area (TPSA) is 59.2 Å². The van der Waals surface area contributed by atoms with Gasteiger partial charge >= 0.3 is 0 Å². The van der Waals surface area contributed by atoms with E-state index in [0.717, 1.165) is 47.1 Å². The van der Waals surface area contributed by atoms with Crippen molar-refractivity contribution in [1.29, 1.82) is 0 Å². The Morgan fingerprint density at radius 2 is 1.93 bits per heavy atom. The van der Waals surface area contributed by atoms with Crippen LogP contribution in [0.2, 0.25) is 0 Å². The molecule has 148 valence electrons. The average Bonchev–Trinajstić information content (AvgIpc) is 3.15. The molecule has 4 rings (SSSR count). The van der Waals surface area contributed by atoms with Crippen molar-refractivity contribution >= 4 is 16.7 Å². The van der Waals surface area contributed by atoms with Crippen LogP contribution in [0.25, 0.3) is 11.0 Å². The van der Waals surface area contributed by atoms with E-state index in [-0.39, 0.29) is 0 Å². The molecule has 1 fully saturated rings. The number of H-pyrrole nitrogens is 1. The molecule has 5 heteroatoms. The number of ether oxygens (including phenoxy) is 2. The molecule has 2 aromatic carbocycles. The first-order chi connectivity index (χ1) is 13.8. The summed E-state index contributed by atoms with van der Waals surface area (Å²) >= 11 is 0. The van der Waals surface area contributed by atoms with Crippen LogP contribution >= 0.6 is 0 Å². The largest absolute Gasteiger partial charge is 0.455 e. The van der Waals surface area contributed by atoms with Crippen LogP contribution in [0.5, 0.6) is 11.5 Å². The molecule has 1 aliphatic carbocycles. The Morgan fingerprint density at radius 1 is 1.11 bits per heavy atom. The molecule has 1 aromatic heterocycles. The van der Waals surface area contributed by atoms with Gasteiger partial charge in [0.25, 0.3) is 0 Å². The van der Waals surface area contributed by atoms with E-state index in [2.05, 4.69) is 23.3 Å². The molecule has 0 spiro atoms. The SMILES string of the molecule is CCCOCNc1cc2[nH]c(C3CCCCC3)nc2cc1Oc1ccccc1. The van der Waals surface area contributed by atoms with E-state index in [0.29, 0.717) is 12.6 Å². The van der Waals surface area contributed by atoms with Gasteiger partial charge in [-0.1, -0.05) is 44.4 Å². The Morgan fingerprint density at radius 3 is 2.71 bits per heavy atom. The van der Waals surface area contributed by atoms with Gasteiger partial charge in [-0.3, -0.25) is 0 Å². The van der Waals surface area contributed by atoms with E-state index in [9.17, 15) is 0 Å². The molecule has 1 heterocycles. The second-order valence-electron chi connectivity index (χ2n) is 7.47. The van der Waals surface area contributed by atoms with Crippen LogP contribution in [0.1, 0.15) is 57.2 Å². The second-order valence-corrected chi connectivity index (χ2v) is 7.47. The number of aromatic amines is 1. The molecule has 1 saturated carbocycles. The van der Waals surface area contributed by atoms with Gasteiger partial charge in [0.2, 0.25) is 0 Å². The molecule has 0 amide bonds.